The van der Waals surface area contributed by atoms with Gasteiger partial charge < -0.3 is 5.73 Å². The number of nitrogens with one attached hydrogen (secondary N) is 1. The minimum Gasteiger partial charge on any atom is -0.399 e. The van der Waals surface area contributed by atoms with Crippen LogP contribution < -0.4 is 10.5 Å². The number of hydrogen-bond donors (Lipinski definition) is 2. The molecule has 0 bridgehead atoms. The van der Waals surface area contributed by atoms with E-state index in [4.69, 9.17) is 5.73 Å². The molecule has 10 heteroatoms. The van der Waals surface area contributed by atoms with Crippen LogP contribution in [0.3, 0.4) is 0 Å². The van der Waals surface area contributed by atoms with E-state index in [2.05, 4.69) is 14.7 Å². The van der Waals surface area contributed by atoms with Crippen molar-refractivity contribution in [1.29, 1.82) is 0 Å². The van der Waals surface area contributed by atoms with E-state index in [1.165, 1.54) is 42.6 Å². The SMILES string of the molecule is Nc1ccc(S(=O)(=O)Nc2nccc(C=Cc3cccc([N+](=O)[O-])c3)n2)cc1. The van der Waals surface area contributed by atoms with Crippen molar-refractivity contribution in [1.82, 2.24) is 9.97 Å². The molecule has 28 heavy (non-hydrogen) atoms. The molecule has 9 nitrogen and oxygen atoms in total. The highest BCUT2D eigenvalue weighted by Crippen LogP contribution is 2.17. The molecular weight excluding hydrogens is 382 g/mol. The summed E-state index contributed by atoms with van der Waals surface area (Å²) in [5, 5.41) is 10.8. The number of non-ortho nitro benzene ring substituents is 1. The highest BCUT2D eigenvalue weighted by Gasteiger charge is 2.15. The summed E-state index contributed by atoms with van der Waals surface area (Å²) in [4.78, 5) is 18.4. The highest BCUT2D eigenvalue weighted by atomic mass is 32.2. The zero-order valence-corrected chi connectivity index (χ0v) is 15.2. The molecule has 0 atom stereocenters. The van der Waals surface area contributed by atoms with E-state index in [0.29, 0.717) is 16.9 Å². The number of benzene rings is 2. The topological polar surface area (TPSA) is 141 Å². The van der Waals surface area contributed by atoms with Crippen LogP contribution in [0.5, 0.6) is 0 Å². The van der Waals surface area contributed by atoms with Gasteiger partial charge in [0, 0.05) is 24.0 Å². The van der Waals surface area contributed by atoms with Crippen LogP contribution in [0.25, 0.3) is 12.2 Å². The Kier molecular flexibility index (Phi) is 5.32. The van der Waals surface area contributed by atoms with E-state index >= 15 is 0 Å². The van der Waals surface area contributed by atoms with Gasteiger partial charge in [-0.25, -0.2) is 23.1 Å². The van der Waals surface area contributed by atoms with Crippen molar-refractivity contribution < 1.29 is 13.3 Å². The van der Waals surface area contributed by atoms with Gasteiger partial charge in [-0.15, -0.1) is 0 Å². The van der Waals surface area contributed by atoms with Gasteiger partial charge >= 0.3 is 0 Å². The van der Waals surface area contributed by atoms with Crippen molar-refractivity contribution in [3.05, 3.63) is 82.2 Å². The minimum absolute atomic E-state index is 0.0261. The summed E-state index contributed by atoms with van der Waals surface area (Å²) in [7, 11) is -3.86. The standard InChI is InChI=1S/C18H15N5O4S/c19-14-5-8-17(9-6-14)28(26,27)22-18-20-11-10-15(21-18)7-4-13-2-1-3-16(12-13)23(24)25/h1-12H,19H2,(H,20,21,22). The minimum atomic E-state index is -3.86. The average Bonchev–Trinajstić information content (AvgIpc) is 2.67. The van der Waals surface area contributed by atoms with E-state index in [-0.39, 0.29) is 16.5 Å². The first-order chi connectivity index (χ1) is 13.3. The van der Waals surface area contributed by atoms with Gasteiger partial charge in [-0.2, -0.15) is 0 Å². The molecule has 0 amide bonds. The molecule has 1 aromatic heterocycles. The lowest BCUT2D eigenvalue weighted by Gasteiger charge is -2.07. The van der Waals surface area contributed by atoms with Crippen molar-refractivity contribution in [2.75, 3.05) is 10.5 Å². The third-order valence-corrected chi connectivity index (χ3v) is 4.96. The lowest BCUT2D eigenvalue weighted by molar-refractivity contribution is -0.384. The Morgan fingerprint density at radius 1 is 1.07 bits per heavy atom. The van der Waals surface area contributed by atoms with Crippen LogP contribution in [0.1, 0.15) is 11.3 Å². The van der Waals surface area contributed by atoms with E-state index in [0.717, 1.165) is 0 Å². The molecule has 0 unspecified atom stereocenters. The summed E-state index contributed by atoms with van der Waals surface area (Å²) < 4.78 is 27.1. The third-order valence-electron chi connectivity index (χ3n) is 3.62. The zero-order chi connectivity index (χ0) is 20.1. The second kappa shape index (κ2) is 7.84. The molecule has 0 radical (unpaired) electrons. The Bertz CT molecular complexity index is 1140. The van der Waals surface area contributed by atoms with Gasteiger partial charge in [0.1, 0.15) is 0 Å². The molecule has 0 aliphatic carbocycles. The van der Waals surface area contributed by atoms with Gasteiger partial charge in [-0.1, -0.05) is 18.2 Å². The normalized spacial score (nSPS) is 11.4. The fraction of sp³-hybridized carbons (Fsp3) is 0. The number of nitro benzene ring substituents is 1. The first-order valence-electron chi connectivity index (χ1n) is 7.97. The zero-order valence-electron chi connectivity index (χ0n) is 14.4. The van der Waals surface area contributed by atoms with Crippen LogP contribution in [0.4, 0.5) is 17.3 Å². The number of nitrogens with two attached hydrogens (primary N) is 1. The fourth-order valence-electron chi connectivity index (χ4n) is 2.26. The maximum Gasteiger partial charge on any atom is 0.270 e. The number of sulfonamides is 1. The summed E-state index contributed by atoms with van der Waals surface area (Å²) in [5.41, 5.74) is 7.02. The number of nitrogens with zero attached hydrogens (tertiary/aromatic N) is 3. The smallest absolute Gasteiger partial charge is 0.270 e. The maximum absolute atomic E-state index is 12.4. The summed E-state index contributed by atoms with van der Waals surface area (Å²) in [6, 6.07) is 13.4. The molecule has 3 rings (SSSR count). The molecule has 0 saturated carbocycles. The van der Waals surface area contributed by atoms with Crippen LogP contribution in [0.2, 0.25) is 0 Å². The Morgan fingerprint density at radius 2 is 1.82 bits per heavy atom. The van der Waals surface area contributed by atoms with Crippen LogP contribution in [0, 0.1) is 10.1 Å². The molecule has 142 valence electrons. The number of anilines is 2. The average molecular weight is 397 g/mol. The molecular formula is C18H15N5O4S. The summed E-state index contributed by atoms with van der Waals surface area (Å²) in [6.07, 6.45) is 4.64. The quantitative estimate of drug-likeness (QED) is 0.370. The molecule has 0 spiro atoms. The van der Waals surface area contributed by atoms with Crippen LogP contribution in [-0.2, 0) is 10.0 Å². The second-order valence-electron chi connectivity index (χ2n) is 5.67. The van der Waals surface area contributed by atoms with Crippen molar-refractivity contribution in [3.63, 3.8) is 0 Å². The number of nitrogen functional groups attached to an aromatic ring is 1. The largest absolute Gasteiger partial charge is 0.399 e. The molecule has 0 saturated heterocycles. The van der Waals surface area contributed by atoms with Gasteiger partial charge in [-0.05, 0) is 42.0 Å². The molecule has 0 aliphatic rings. The highest BCUT2D eigenvalue weighted by molar-refractivity contribution is 7.92. The van der Waals surface area contributed by atoms with E-state index in [1.54, 1.807) is 30.4 Å². The number of nitro groups is 1. The number of rotatable bonds is 6. The van der Waals surface area contributed by atoms with Gasteiger partial charge in [0.25, 0.3) is 15.7 Å². The third kappa shape index (κ3) is 4.68. The Balaban J connectivity index is 1.79. The molecule has 3 N–H and O–H groups in total. The van der Waals surface area contributed by atoms with Gasteiger partial charge in [0.05, 0.1) is 15.5 Å². The molecule has 3 aromatic rings. The lowest BCUT2D eigenvalue weighted by atomic mass is 10.2. The van der Waals surface area contributed by atoms with Crippen LogP contribution in [-0.4, -0.2) is 23.3 Å². The predicted molar refractivity (Wildman–Crippen MR) is 106 cm³/mol. The number of hydrogen-bond acceptors (Lipinski definition) is 7. The number of aromatic nitrogens is 2. The Labute approximate surface area is 160 Å². The molecule has 0 fully saturated rings. The summed E-state index contributed by atoms with van der Waals surface area (Å²) in [6.45, 7) is 0. The first kappa shape index (κ1) is 19.0. The van der Waals surface area contributed by atoms with Crippen molar-refractivity contribution in [2.45, 2.75) is 4.90 Å². The van der Waals surface area contributed by atoms with Gasteiger partial charge in [-0.3, -0.25) is 10.1 Å². The van der Waals surface area contributed by atoms with E-state index < -0.39 is 14.9 Å². The lowest BCUT2D eigenvalue weighted by Crippen LogP contribution is -2.15. The van der Waals surface area contributed by atoms with E-state index in [9.17, 15) is 18.5 Å². The van der Waals surface area contributed by atoms with Gasteiger partial charge in [0.15, 0.2) is 0 Å². The molecule has 0 aliphatic heterocycles. The van der Waals surface area contributed by atoms with Crippen molar-refractivity contribution >= 4 is 39.5 Å². The maximum atomic E-state index is 12.4. The Morgan fingerprint density at radius 3 is 2.54 bits per heavy atom. The molecule has 1 heterocycles. The fourth-order valence-corrected chi connectivity index (χ4v) is 3.22. The van der Waals surface area contributed by atoms with Crippen molar-refractivity contribution in [2.24, 2.45) is 0 Å². The van der Waals surface area contributed by atoms with Gasteiger partial charge in [0.2, 0.25) is 5.95 Å². The second-order valence-corrected chi connectivity index (χ2v) is 7.35. The van der Waals surface area contributed by atoms with Crippen molar-refractivity contribution in [3.8, 4) is 0 Å². The predicted octanol–water partition coefficient (Wildman–Crippen LogP) is 2.94. The first-order valence-corrected chi connectivity index (χ1v) is 9.46. The summed E-state index contributed by atoms with van der Waals surface area (Å²) in [5.74, 6) is -0.0991. The van der Waals surface area contributed by atoms with E-state index in [1.807, 2.05) is 0 Å². The summed E-state index contributed by atoms with van der Waals surface area (Å²) >= 11 is 0. The van der Waals surface area contributed by atoms with Crippen LogP contribution in [0.15, 0.2) is 65.7 Å². The molecule has 2 aromatic carbocycles. The monoisotopic (exact) mass is 397 g/mol. The van der Waals surface area contributed by atoms with Crippen LogP contribution >= 0.6 is 0 Å². The Hall–Kier alpha value is -3.79.